The summed E-state index contributed by atoms with van der Waals surface area (Å²) < 4.78 is 0. The lowest BCUT2D eigenvalue weighted by molar-refractivity contribution is 0.768. The molecule has 1 heterocycles. The minimum absolute atomic E-state index is 0.752. The average molecular weight is 229 g/mol. The van der Waals surface area contributed by atoms with Crippen LogP contribution in [0.2, 0.25) is 0 Å². The number of benzene rings is 1. The van der Waals surface area contributed by atoms with E-state index in [4.69, 9.17) is 5.73 Å². The van der Waals surface area contributed by atoms with Crippen LogP contribution in [0.25, 0.3) is 10.9 Å². The van der Waals surface area contributed by atoms with Gasteiger partial charge in [-0.3, -0.25) is 4.98 Å². The van der Waals surface area contributed by atoms with Crippen LogP contribution in [0.1, 0.15) is 19.8 Å². The van der Waals surface area contributed by atoms with Gasteiger partial charge in [0.05, 0.1) is 23.1 Å². The number of pyridine rings is 1. The van der Waals surface area contributed by atoms with Gasteiger partial charge in [0.15, 0.2) is 0 Å². The zero-order chi connectivity index (χ0) is 12.3. The Hall–Kier alpha value is -1.77. The van der Waals surface area contributed by atoms with Gasteiger partial charge in [-0.1, -0.05) is 31.5 Å². The Balaban J connectivity index is 2.47. The molecule has 3 nitrogen and oxygen atoms in total. The highest BCUT2D eigenvalue weighted by Crippen LogP contribution is 2.30. The van der Waals surface area contributed by atoms with E-state index in [0.717, 1.165) is 28.8 Å². The molecule has 0 fully saturated rings. The molecule has 1 aromatic heterocycles. The molecule has 0 saturated heterocycles. The molecule has 0 saturated carbocycles. The van der Waals surface area contributed by atoms with Crippen LogP contribution in [-0.4, -0.2) is 18.6 Å². The topological polar surface area (TPSA) is 42.1 Å². The summed E-state index contributed by atoms with van der Waals surface area (Å²) >= 11 is 0. The number of rotatable bonds is 4. The van der Waals surface area contributed by atoms with Crippen molar-refractivity contribution >= 4 is 22.3 Å². The summed E-state index contributed by atoms with van der Waals surface area (Å²) in [7, 11) is 2.09. The molecule has 1 aromatic carbocycles. The summed E-state index contributed by atoms with van der Waals surface area (Å²) in [5.74, 6) is 0. The second kappa shape index (κ2) is 5.04. The molecule has 2 aromatic rings. The van der Waals surface area contributed by atoms with Gasteiger partial charge in [0.2, 0.25) is 0 Å². The molecular formula is C14H19N3. The maximum absolute atomic E-state index is 6.06. The second-order valence-electron chi connectivity index (χ2n) is 4.35. The molecule has 0 aliphatic rings. The van der Waals surface area contributed by atoms with Gasteiger partial charge in [-0.15, -0.1) is 0 Å². The largest absolute Gasteiger partial charge is 0.396 e. The Kier molecular flexibility index (Phi) is 3.47. The molecule has 90 valence electrons. The third-order valence-electron chi connectivity index (χ3n) is 3.00. The van der Waals surface area contributed by atoms with Crippen LogP contribution >= 0.6 is 0 Å². The normalized spacial score (nSPS) is 10.7. The Labute approximate surface area is 102 Å². The summed E-state index contributed by atoms with van der Waals surface area (Å²) in [6.07, 6.45) is 4.11. The molecule has 0 bridgehead atoms. The highest BCUT2D eigenvalue weighted by molar-refractivity contribution is 5.97. The molecule has 3 heteroatoms. The lowest BCUT2D eigenvalue weighted by Crippen LogP contribution is -2.20. The second-order valence-corrected chi connectivity index (χ2v) is 4.35. The first-order chi connectivity index (χ1) is 8.24. The molecule has 2 N–H and O–H groups in total. The van der Waals surface area contributed by atoms with Crippen molar-refractivity contribution in [2.24, 2.45) is 0 Å². The van der Waals surface area contributed by atoms with Gasteiger partial charge >= 0.3 is 0 Å². The van der Waals surface area contributed by atoms with Crippen LogP contribution in [-0.2, 0) is 0 Å². The third-order valence-corrected chi connectivity index (χ3v) is 3.00. The fraction of sp³-hybridized carbons (Fsp3) is 0.357. The standard InChI is InChI=1S/C14H19N3/c1-3-4-9-17(2)14-11-7-5-6-8-13(11)16-10-12(14)15/h5-8,10H,3-4,9,15H2,1-2H3. The number of aromatic nitrogens is 1. The first kappa shape index (κ1) is 11.7. The van der Waals surface area contributed by atoms with Crippen molar-refractivity contribution in [3.8, 4) is 0 Å². The summed E-state index contributed by atoms with van der Waals surface area (Å²) in [5, 5.41) is 1.13. The quantitative estimate of drug-likeness (QED) is 0.876. The lowest BCUT2D eigenvalue weighted by Gasteiger charge is -2.22. The molecule has 0 amide bonds. The van der Waals surface area contributed by atoms with E-state index in [9.17, 15) is 0 Å². The maximum atomic E-state index is 6.06. The van der Waals surface area contributed by atoms with Crippen molar-refractivity contribution < 1.29 is 0 Å². The van der Waals surface area contributed by atoms with E-state index >= 15 is 0 Å². The van der Waals surface area contributed by atoms with Crippen molar-refractivity contribution in [3.05, 3.63) is 30.5 Å². The highest BCUT2D eigenvalue weighted by Gasteiger charge is 2.10. The number of nitrogens with zero attached hydrogens (tertiary/aromatic N) is 2. The van der Waals surface area contributed by atoms with Crippen molar-refractivity contribution in [3.63, 3.8) is 0 Å². The van der Waals surface area contributed by atoms with E-state index in [2.05, 4.69) is 29.9 Å². The monoisotopic (exact) mass is 229 g/mol. The third kappa shape index (κ3) is 2.33. The van der Waals surface area contributed by atoms with Crippen LogP contribution < -0.4 is 10.6 Å². The number of hydrogen-bond donors (Lipinski definition) is 1. The molecule has 0 aliphatic heterocycles. The molecule has 2 rings (SSSR count). The molecule has 0 radical (unpaired) electrons. The van der Waals surface area contributed by atoms with Crippen molar-refractivity contribution in [2.75, 3.05) is 24.2 Å². The zero-order valence-electron chi connectivity index (χ0n) is 10.5. The van der Waals surface area contributed by atoms with Gasteiger partial charge < -0.3 is 10.6 Å². The summed E-state index contributed by atoms with van der Waals surface area (Å²) in [6, 6.07) is 8.13. The summed E-state index contributed by atoms with van der Waals surface area (Å²) in [6.45, 7) is 3.22. The maximum Gasteiger partial charge on any atom is 0.0745 e. The van der Waals surface area contributed by atoms with Crippen LogP contribution in [0.15, 0.2) is 30.5 Å². The number of para-hydroxylation sites is 1. The molecular weight excluding hydrogens is 210 g/mol. The Morgan fingerprint density at radius 2 is 2.06 bits per heavy atom. The number of nitrogens with two attached hydrogens (primary N) is 1. The van der Waals surface area contributed by atoms with E-state index < -0.39 is 0 Å². The van der Waals surface area contributed by atoms with E-state index in [-0.39, 0.29) is 0 Å². The van der Waals surface area contributed by atoms with Gasteiger partial charge in [0.1, 0.15) is 0 Å². The van der Waals surface area contributed by atoms with Crippen molar-refractivity contribution in [1.29, 1.82) is 0 Å². The zero-order valence-corrected chi connectivity index (χ0v) is 10.5. The minimum Gasteiger partial charge on any atom is -0.396 e. The van der Waals surface area contributed by atoms with Crippen molar-refractivity contribution in [1.82, 2.24) is 4.98 Å². The Morgan fingerprint density at radius 3 is 2.82 bits per heavy atom. The first-order valence-corrected chi connectivity index (χ1v) is 6.08. The van der Waals surface area contributed by atoms with Gasteiger partial charge in [-0.05, 0) is 12.5 Å². The van der Waals surface area contributed by atoms with Crippen LogP contribution in [0, 0.1) is 0 Å². The van der Waals surface area contributed by atoms with E-state index in [1.807, 2.05) is 18.2 Å². The van der Waals surface area contributed by atoms with E-state index in [1.54, 1.807) is 6.20 Å². The van der Waals surface area contributed by atoms with Crippen LogP contribution in [0.4, 0.5) is 11.4 Å². The van der Waals surface area contributed by atoms with E-state index in [1.165, 1.54) is 12.8 Å². The molecule has 0 unspecified atom stereocenters. The predicted octanol–water partition coefficient (Wildman–Crippen LogP) is 3.05. The fourth-order valence-corrected chi connectivity index (χ4v) is 2.08. The number of anilines is 2. The van der Waals surface area contributed by atoms with E-state index in [0.29, 0.717) is 0 Å². The summed E-state index contributed by atoms with van der Waals surface area (Å²) in [5.41, 5.74) is 8.91. The molecule has 0 spiro atoms. The Bertz CT molecular complexity index is 508. The molecule has 0 atom stereocenters. The molecule has 0 aliphatic carbocycles. The van der Waals surface area contributed by atoms with Gasteiger partial charge in [-0.2, -0.15) is 0 Å². The smallest absolute Gasteiger partial charge is 0.0745 e. The number of nitrogen functional groups attached to an aromatic ring is 1. The average Bonchev–Trinajstić information content (AvgIpc) is 2.35. The SMILES string of the molecule is CCCCN(C)c1c(N)cnc2ccccc12. The Morgan fingerprint density at radius 1 is 1.29 bits per heavy atom. The van der Waals surface area contributed by atoms with Gasteiger partial charge in [-0.25, -0.2) is 0 Å². The highest BCUT2D eigenvalue weighted by atomic mass is 15.1. The minimum atomic E-state index is 0.752. The first-order valence-electron chi connectivity index (χ1n) is 6.08. The van der Waals surface area contributed by atoms with Gasteiger partial charge in [0.25, 0.3) is 0 Å². The van der Waals surface area contributed by atoms with Gasteiger partial charge in [0, 0.05) is 19.0 Å². The number of unbranched alkanes of at least 4 members (excludes halogenated alkanes) is 1. The fourth-order valence-electron chi connectivity index (χ4n) is 2.08. The van der Waals surface area contributed by atoms with Crippen LogP contribution in [0.5, 0.6) is 0 Å². The van der Waals surface area contributed by atoms with Crippen molar-refractivity contribution in [2.45, 2.75) is 19.8 Å². The molecule has 17 heavy (non-hydrogen) atoms. The number of fused-ring (bicyclic) bond motifs is 1. The lowest BCUT2D eigenvalue weighted by atomic mass is 10.1. The van der Waals surface area contributed by atoms with Crippen LogP contribution in [0.3, 0.4) is 0 Å². The predicted molar refractivity (Wildman–Crippen MR) is 74.3 cm³/mol. The number of hydrogen-bond acceptors (Lipinski definition) is 3. The summed E-state index contributed by atoms with van der Waals surface area (Å²) in [4.78, 5) is 6.58.